The van der Waals surface area contributed by atoms with Gasteiger partial charge in [0, 0.05) is 10.6 Å². The SMILES string of the molecule is CC(NC(=O)c1ccccc1)C(=O)NCCOc1ccc(Cl)cc1. The lowest BCUT2D eigenvalue weighted by molar-refractivity contribution is -0.122. The lowest BCUT2D eigenvalue weighted by atomic mass is 10.2. The molecule has 0 aliphatic carbocycles. The van der Waals surface area contributed by atoms with E-state index in [0.29, 0.717) is 29.5 Å². The molecule has 2 N–H and O–H groups in total. The van der Waals surface area contributed by atoms with Crippen molar-refractivity contribution in [3.05, 3.63) is 65.2 Å². The summed E-state index contributed by atoms with van der Waals surface area (Å²) in [5.74, 6) is 0.133. The lowest BCUT2D eigenvalue weighted by Crippen LogP contribution is -2.45. The van der Waals surface area contributed by atoms with E-state index >= 15 is 0 Å². The number of nitrogens with one attached hydrogen (secondary N) is 2. The van der Waals surface area contributed by atoms with Crippen LogP contribution in [0.25, 0.3) is 0 Å². The van der Waals surface area contributed by atoms with Gasteiger partial charge in [-0.1, -0.05) is 29.8 Å². The summed E-state index contributed by atoms with van der Waals surface area (Å²) < 4.78 is 5.48. The van der Waals surface area contributed by atoms with Crippen molar-refractivity contribution in [2.24, 2.45) is 0 Å². The van der Waals surface area contributed by atoms with Crippen molar-refractivity contribution in [1.82, 2.24) is 10.6 Å². The molecular formula is C18H19ClN2O3. The molecule has 1 atom stereocenters. The fourth-order valence-corrected chi connectivity index (χ4v) is 2.09. The Morgan fingerprint density at radius 3 is 2.42 bits per heavy atom. The normalized spacial score (nSPS) is 11.4. The summed E-state index contributed by atoms with van der Waals surface area (Å²) in [7, 11) is 0. The van der Waals surface area contributed by atoms with Gasteiger partial charge < -0.3 is 15.4 Å². The van der Waals surface area contributed by atoms with Crippen LogP contribution in [0.4, 0.5) is 0 Å². The predicted molar refractivity (Wildman–Crippen MR) is 93.3 cm³/mol. The number of hydrogen-bond donors (Lipinski definition) is 2. The van der Waals surface area contributed by atoms with Crippen LogP contribution in [0.3, 0.4) is 0 Å². The Balaban J connectivity index is 1.70. The van der Waals surface area contributed by atoms with Gasteiger partial charge in [0.2, 0.25) is 5.91 Å². The van der Waals surface area contributed by atoms with Crippen molar-refractivity contribution >= 4 is 23.4 Å². The molecule has 6 heteroatoms. The molecule has 0 aromatic heterocycles. The van der Waals surface area contributed by atoms with E-state index in [-0.39, 0.29) is 11.8 Å². The number of ether oxygens (including phenoxy) is 1. The number of rotatable bonds is 7. The van der Waals surface area contributed by atoms with Crippen LogP contribution >= 0.6 is 11.6 Å². The summed E-state index contributed by atoms with van der Waals surface area (Å²) in [5, 5.41) is 6.01. The van der Waals surface area contributed by atoms with Gasteiger partial charge >= 0.3 is 0 Å². The molecule has 1 unspecified atom stereocenters. The maximum atomic E-state index is 12.0. The molecule has 5 nitrogen and oxygen atoms in total. The van der Waals surface area contributed by atoms with Crippen molar-refractivity contribution in [2.75, 3.05) is 13.2 Å². The number of halogens is 1. The highest BCUT2D eigenvalue weighted by Crippen LogP contribution is 2.15. The third kappa shape index (κ3) is 5.59. The van der Waals surface area contributed by atoms with Gasteiger partial charge in [0.25, 0.3) is 5.91 Å². The van der Waals surface area contributed by atoms with E-state index in [1.165, 1.54) is 0 Å². The fraction of sp³-hybridized carbons (Fsp3) is 0.222. The molecule has 126 valence electrons. The Morgan fingerprint density at radius 2 is 1.75 bits per heavy atom. The zero-order chi connectivity index (χ0) is 17.4. The van der Waals surface area contributed by atoms with E-state index in [9.17, 15) is 9.59 Å². The molecule has 24 heavy (non-hydrogen) atoms. The monoisotopic (exact) mass is 346 g/mol. The van der Waals surface area contributed by atoms with Crippen molar-refractivity contribution in [3.8, 4) is 5.75 Å². The molecule has 0 aliphatic rings. The van der Waals surface area contributed by atoms with Crippen molar-refractivity contribution in [3.63, 3.8) is 0 Å². The van der Waals surface area contributed by atoms with Gasteiger partial charge in [-0.25, -0.2) is 0 Å². The first-order valence-corrected chi connectivity index (χ1v) is 7.96. The van der Waals surface area contributed by atoms with E-state index in [2.05, 4.69) is 10.6 Å². The minimum Gasteiger partial charge on any atom is -0.492 e. The first kappa shape index (κ1) is 17.8. The first-order chi connectivity index (χ1) is 11.6. The molecule has 2 aromatic carbocycles. The van der Waals surface area contributed by atoms with Crippen molar-refractivity contribution in [2.45, 2.75) is 13.0 Å². The smallest absolute Gasteiger partial charge is 0.251 e. The molecule has 0 heterocycles. The summed E-state index contributed by atoms with van der Waals surface area (Å²) >= 11 is 5.79. The maximum absolute atomic E-state index is 12.0. The molecule has 2 rings (SSSR count). The standard InChI is InChI=1S/C18H19ClN2O3/c1-13(21-18(23)14-5-3-2-4-6-14)17(22)20-11-12-24-16-9-7-15(19)8-10-16/h2-10,13H,11-12H2,1H3,(H,20,22)(H,21,23). The van der Waals surface area contributed by atoms with Gasteiger partial charge in [-0.3, -0.25) is 9.59 Å². The van der Waals surface area contributed by atoms with Gasteiger partial charge in [-0.05, 0) is 43.3 Å². The quantitative estimate of drug-likeness (QED) is 0.757. The van der Waals surface area contributed by atoms with Crippen LogP contribution in [0.15, 0.2) is 54.6 Å². The fourth-order valence-electron chi connectivity index (χ4n) is 1.96. The zero-order valence-electron chi connectivity index (χ0n) is 13.3. The third-order valence-corrected chi connectivity index (χ3v) is 3.51. The maximum Gasteiger partial charge on any atom is 0.251 e. The number of hydrogen-bond acceptors (Lipinski definition) is 3. The average molecular weight is 347 g/mol. The first-order valence-electron chi connectivity index (χ1n) is 7.58. The summed E-state index contributed by atoms with van der Waals surface area (Å²) in [5.41, 5.74) is 0.517. The third-order valence-electron chi connectivity index (χ3n) is 3.26. The van der Waals surface area contributed by atoms with Crippen LogP contribution in [-0.2, 0) is 4.79 Å². The molecule has 0 saturated carbocycles. The predicted octanol–water partition coefficient (Wildman–Crippen LogP) is 2.65. The average Bonchev–Trinajstić information content (AvgIpc) is 2.60. The molecular weight excluding hydrogens is 328 g/mol. The van der Waals surface area contributed by atoms with Crippen LogP contribution in [0.1, 0.15) is 17.3 Å². The molecule has 0 fully saturated rings. The summed E-state index contributed by atoms with van der Waals surface area (Å²) in [6, 6.07) is 15.1. The molecule has 2 aromatic rings. The van der Waals surface area contributed by atoms with Gasteiger partial charge in [0.05, 0.1) is 6.54 Å². The topological polar surface area (TPSA) is 67.4 Å². The van der Waals surface area contributed by atoms with Crippen LogP contribution in [0.2, 0.25) is 5.02 Å². The van der Waals surface area contributed by atoms with Crippen molar-refractivity contribution in [1.29, 1.82) is 0 Å². The van der Waals surface area contributed by atoms with Crippen LogP contribution < -0.4 is 15.4 Å². The molecule has 0 spiro atoms. The van der Waals surface area contributed by atoms with E-state index < -0.39 is 6.04 Å². The van der Waals surface area contributed by atoms with Gasteiger partial charge in [-0.15, -0.1) is 0 Å². The molecule has 0 radical (unpaired) electrons. The zero-order valence-corrected chi connectivity index (χ0v) is 14.0. The Kier molecular flexibility index (Phi) is 6.63. The highest BCUT2D eigenvalue weighted by atomic mass is 35.5. The summed E-state index contributed by atoms with van der Waals surface area (Å²) in [6.45, 7) is 2.30. The molecule has 0 saturated heterocycles. The van der Waals surface area contributed by atoms with Gasteiger partial charge in [-0.2, -0.15) is 0 Å². The number of amides is 2. The molecule has 0 bridgehead atoms. The van der Waals surface area contributed by atoms with Gasteiger partial charge in [0.1, 0.15) is 18.4 Å². The van der Waals surface area contributed by atoms with E-state index in [1.807, 2.05) is 6.07 Å². The second-order valence-electron chi connectivity index (χ2n) is 5.15. The lowest BCUT2D eigenvalue weighted by Gasteiger charge is -2.14. The second kappa shape index (κ2) is 8.93. The Bertz CT molecular complexity index is 674. The van der Waals surface area contributed by atoms with Crippen LogP contribution in [0.5, 0.6) is 5.75 Å². The second-order valence-corrected chi connectivity index (χ2v) is 5.59. The van der Waals surface area contributed by atoms with Crippen LogP contribution in [-0.4, -0.2) is 31.0 Å². The summed E-state index contributed by atoms with van der Waals surface area (Å²) in [6.07, 6.45) is 0. The summed E-state index contributed by atoms with van der Waals surface area (Å²) in [4.78, 5) is 23.9. The number of carbonyl (C=O) groups is 2. The highest BCUT2D eigenvalue weighted by Gasteiger charge is 2.15. The van der Waals surface area contributed by atoms with Crippen LogP contribution in [0, 0.1) is 0 Å². The number of carbonyl (C=O) groups excluding carboxylic acids is 2. The van der Waals surface area contributed by atoms with E-state index in [4.69, 9.17) is 16.3 Å². The Morgan fingerprint density at radius 1 is 1.08 bits per heavy atom. The van der Waals surface area contributed by atoms with E-state index in [1.54, 1.807) is 55.5 Å². The van der Waals surface area contributed by atoms with E-state index in [0.717, 1.165) is 0 Å². The Hall–Kier alpha value is -2.53. The molecule has 0 aliphatic heterocycles. The Labute approximate surface area is 146 Å². The largest absolute Gasteiger partial charge is 0.492 e. The minimum absolute atomic E-state index is 0.265. The number of benzene rings is 2. The minimum atomic E-state index is -0.631. The highest BCUT2D eigenvalue weighted by molar-refractivity contribution is 6.30. The molecule has 2 amide bonds. The van der Waals surface area contributed by atoms with Gasteiger partial charge in [0.15, 0.2) is 0 Å². The van der Waals surface area contributed by atoms with Crippen molar-refractivity contribution < 1.29 is 14.3 Å².